The Hall–Kier alpha value is -1.38. The van der Waals surface area contributed by atoms with Gasteiger partial charge in [-0.15, -0.1) is 0 Å². The highest BCUT2D eigenvalue weighted by molar-refractivity contribution is 6.69. The molecule has 1 heterocycles. The van der Waals surface area contributed by atoms with E-state index in [4.69, 9.17) is 9.69 Å². The van der Waals surface area contributed by atoms with Crippen molar-refractivity contribution < 1.29 is 4.43 Å². The van der Waals surface area contributed by atoms with Gasteiger partial charge in [-0.3, -0.25) is 0 Å². The number of aromatic nitrogens is 1. The van der Waals surface area contributed by atoms with Crippen molar-refractivity contribution in [1.82, 2.24) is 4.98 Å². The summed E-state index contributed by atoms with van der Waals surface area (Å²) in [7, 11) is 2.10. The maximum absolute atomic E-state index is 9.17. The fourth-order valence-electron chi connectivity index (χ4n) is 1.34. The van der Waals surface area contributed by atoms with Crippen molar-refractivity contribution >= 4 is 14.1 Å². The molecule has 1 atom stereocenters. The standard InChI is InChI=1S/C12H19N3OSi/c1-15(2)12-8-6-7-10(14-12)11(9-13)16-17(3,4)5/h6-8,11H,1-5H3. The van der Waals surface area contributed by atoms with Gasteiger partial charge in [0.2, 0.25) is 0 Å². The third kappa shape index (κ3) is 4.17. The highest BCUT2D eigenvalue weighted by Gasteiger charge is 2.23. The van der Waals surface area contributed by atoms with Crippen LogP contribution in [-0.4, -0.2) is 27.4 Å². The van der Waals surface area contributed by atoms with Crippen LogP contribution in [0.15, 0.2) is 18.2 Å². The molecular weight excluding hydrogens is 230 g/mol. The molecule has 1 unspecified atom stereocenters. The molecule has 0 aliphatic rings. The second-order valence-electron chi connectivity index (χ2n) is 5.05. The van der Waals surface area contributed by atoms with Crippen LogP contribution >= 0.6 is 0 Å². The van der Waals surface area contributed by atoms with Crippen molar-refractivity contribution in [3.63, 3.8) is 0 Å². The van der Waals surface area contributed by atoms with Gasteiger partial charge in [0, 0.05) is 14.1 Å². The molecule has 5 heteroatoms. The lowest BCUT2D eigenvalue weighted by Gasteiger charge is -2.22. The molecule has 1 aromatic heterocycles. The fraction of sp³-hybridized carbons (Fsp3) is 0.500. The number of pyridine rings is 1. The molecule has 0 saturated carbocycles. The maximum atomic E-state index is 9.17. The van der Waals surface area contributed by atoms with Gasteiger partial charge in [-0.25, -0.2) is 4.98 Å². The molecular formula is C12H19N3OSi. The monoisotopic (exact) mass is 249 g/mol. The average Bonchev–Trinajstić information content (AvgIpc) is 2.25. The van der Waals surface area contributed by atoms with E-state index in [9.17, 15) is 0 Å². The van der Waals surface area contributed by atoms with Crippen molar-refractivity contribution in [2.45, 2.75) is 25.7 Å². The number of hydrogen-bond acceptors (Lipinski definition) is 4. The van der Waals surface area contributed by atoms with Crippen molar-refractivity contribution in [1.29, 1.82) is 5.26 Å². The Morgan fingerprint density at radius 1 is 1.35 bits per heavy atom. The molecule has 1 aromatic rings. The number of anilines is 1. The van der Waals surface area contributed by atoms with Gasteiger partial charge in [-0.05, 0) is 31.8 Å². The molecule has 0 N–H and O–H groups in total. The van der Waals surface area contributed by atoms with E-state index in [1.165, 1.54) is 0 Å². The number of nitriles is 1. The molecule has 0 bridgehead atoms. The fourth-order valence-corrected chi connectivity index (χ4v) is 2.22. The molecule has 0 fully saturated rings. The van der Waals surface area contributed by atoms with Crippen LogP contribution in [0.3, 0.4) is 0 Å². The molecule has 0 aromatic carbocycles. The van der Waals surface area contributed by atoms with Crippen LogP contribution in [0.25, 0.3) is 0 Å². The van der Waals surface area contributed by atoms with E-state index in [2.05, 4.69) is 30.7 Å². The first kappa shape index (κ1) is 13.7. The van der Waals surface area contributed by atoms with Crippen LogP contribution < -0.4 is 4.90 Å². The summed E-state index contributed by atoms with van der Waals surface area (Å²) >= 11 is 0. The number of hydrogen-bond donors (Lipinski definition) is 0. The van der Waals surface area contributed by atoms with Crippen LogP contribution in [0, 0.1) is 11.3 Å². The summed E-state index contributed by atoms with van der Waals surface area (Å²) < 4.78 is 5.80. The van der Waals surface area contributed by atoms with E-state index >= 15 is 0 Å². The third-order valence-electron chi connectivity index (χ3n) is 2.07. The zero-order valence-electron chi connectivity index (χ0n) is 11.1. The van der Waals surface area contributed by atoms with E-state index in [0.717, 1.165) is 5.82 Å². The average molecular weight is 249 g/mol. The van der Waals surface area contributed by atoms with Crippen molar-refractivity contribution in [3.8, 4) is 6.07 Å². The zero-order valence-corrected chi connectivity index (χ0v) is 12.1. The topological polar surface area (TPSA) is 49.2 Å². The summed E-state index contributed by atoms with van der Waals surface area (Å²) in [5, 5.41) is 9.17. The van der Waals surface area contributed by atoms with Gasteiger partial charge >= 0.3 is 0 Å². The summed E-state index contributed by atoms with van der Waals surface area (Å²) in [6.07, 6.45) is -0.568. The Labute approximate surface area is 104 Å². The largest absolute Gasteiger partial charge is 0.398 e. The minimum atomic E-state index is -1.74. The maximum Gasteiger partial charge on any atom is 0.186 e. The van der Waals surface area contributed by atoms with Crippen molar-refractivity contribution in [3.05, 3.63) is 23.9 Å². The number of nitrogens with zero attached hydrogens (tertiary/aromatic N) is 3. The molecule has 0 saturated heterocycles. The SMILES string of the molecule is CN(C)c1cccc(C(C#N)O[Si](C)(C)C)n1. The summed E-state index contributed by atoms with van der Waals surface area (Å²) in [6.45, 7) is 6.19. The zero-order chi connectivity index (χ0) is 13.1. The molecule has 0 radical (unpaired) electrons. The normalized spacial score (nSPS) is 12.9. The number of rotatable bonds is 4. The second kappa shape index (κ2) is 5.30. The highest BCUT2D eigenvalue weighted by atomic mass is 28.4. The van der Waals surface area contributed by atoms with Gasteiger partial charge in [-0.2, -0.15) is 5.26 Å². The Balaban J connectivity index is 2.97. The van der Waals surface area contributed by atoms with E-state index in [1.54, 1.807) is 0 Å². The second-order valence-corrected chi connectivity index (χ2v) is 9.51. The first-order valence-electron chi connectivity index (χ1n) is 5.55. The van der Waals surface area contributed by atoms with E-state index in [-0.39, 0.29) is 0 Å². The minimum Gasteiger partial charge on any atom is -0.398 e. The summed E-state index contributed by atoms with van der Waals surface area (Å²) in [5.41, 5.74) is 0.682. The van der Waals surface area contributed by atoms with Crippen molar-refractivity contribution in [2.24, 2.45) is 0 Å². The summed E-state index contributed by atoms with van der Waals surface area (Å²) in [4.78, 5) is 6.34. The van der Waals surface area contributed by atoms with Crippen LogP contribution in [0.1, 0.15) is 11.8 Å². The van der Waals surface area contributed by atoms with Gasteiger partial charge in [0.25, 0.3) is 0 Å². The van der Waals surface area contributed by atoms with E-state index in [0.29, 0.717) is 5.69 Å². The lowest BCUT2D eigenvalue weighted by Crippen LogP contribution is -2.28. The van der Waals surface area contributed by atoms with Gasteiger partial charge in [0.1, 0.15) is 5.82 Å². The molecule has 0 amide bonds. The molecule has 17 heavy (non-hydrogen) atoms. The van der Waals surface area contributed by atoms with Crippen LogP contribution in [-0.2, 0) is 4.43 Å². The van der Waals surface area contributed by atoms with Gasteiger partial charge < -0.3 is 9.33 Å². The smallest absolute Gasteiger partial charge is 0.186 e. The molecule has 1 rings (SSSR count). The lowest BCUT2D eigenvalue weighted by atomic mass is 10.2. The highest BCUT2D eigenvalue weighted by Crippen LogP contribution is 2.21. The quantitative estimate of drug-likeness (QED) is 0.770. The van der Waals surface area contributed by atoms with E-state index in [1.807, 2.05) is 37.2 Å². The minimum absolute atomic E-state index is 0.568. The van der Waals surface area contributed by atoms with Gasteiger partial charge in [-0.1, -0.05) is 6.07 Å². The van der Waals surface area contributed by atoms with Gasteiger partial charge in [0.05, 0.1) is 11.8 Å². The predicted molar refractivity (Wildman–Crippen MR) is 71.3 cm³/mol. The first-order chi connectivity index (χ1) is 7.83. The van der Waals surface area contributed by atoms with Crippen molar-refractivity contribution in [2.75, 3.05) is 19.0 Å². The predicted octanol–water partition coefficient (Wildman–Crippen LogP) is 2.56. The third-order valence-corrected chi connectivity index (χ3v) is 3.01. The molecule has 92 valence electrons. The van der Waals surface area contributed by atoms with Crippen LogP contribution in [0.2, 0.25) is 19.6 Å². The summed E-state index contributed by atoms with van der Waals surface area (Å²) in [6, 6.07) is 7.81. The molecule has 0 aliphatic heterocycles. The molecule has 0 spiro atoms. The lowest BCUT2D eigenvalue weighted by molar-refractivity contribution is 0.250. The Morgan fingerprint density at radius 2 is 2.00 bits per heavy atom. The van der Waals surface area contributed by atoms with Crippen LogP contribution in [0.4, 0.5) is 5.82 Å². The Morgan fingerprint density at radius 3 is 2.47 bits per heavy atom. The van der Waals surface area contributed by atoms with E-state index < -0.39 is 14.4 Å². The van der Waals surface area contributed by atoms with Gasteiger partial charge in [0.15, 0.2) is 14.4 Å². The summed E-state index contributed by atoms with van der Waals surface area (Å²) in [5.74, 6) is 0.835. The first-order valence-corrected chi connectivity index (χ1v) is 8.96. The Bertz CT molecular complexity index is 420. The molecule has 0 aliphatic carbocycles. The Kier molecular flexibility index (Phi) is 4.26. The molecule has 4 nitrogen and oxygen atoms in total. The van der Waals surface area contributed by atoms with Crippen LogP contribution in [0.5, 0.6) is 0 Å².